The summed E-state index contributed by atoms with van der Waals surface area (Å²) in [6.45, 7) is 7.93. The summed E-state index contributed by atoms with van der Waals surface area (Å²) in [5.41, 5.74) is 3.03. The predicted octanol–water partition coefficient (Wildman–Crippen LogP) is 5.83. The lowest BCUT2D eigenvalue weighted by Gasteiger charge is -2.27. The van der Waals surface area contributed by atoms with Gasteiger partial charge in [-0.1, -0.05) is 34.1 Å². The van der Waals surface area contributed by atoms with E-state index in [1.165, 1.54) is 18.2 Å². The molecule has 0 saturated carbocycles. The van der Waals surface area contributed by atoms with Crippen LogP contribution in [0.3, 0.4) is 0 Å². The Hall–Kier alpha value is -4.70. The number of carbonyl (C=O) groups excluding carboxylic acids is 3. The van der Waals surface area contributed by atoms with E-state index in [1.54, 1.807) is 48.5 Å². The third-order valence-electron chi connectivity index (χ3n) is 6.21. The van der Waals surface area contributed by atoms with Gasteiger partial charge in [-0.3, -0.25) is 14.9 Å². The van der Waals surface area contributed by atoms with Gasteiger partial charge in [0.25, 0.3) is 11.8 Å². The van der Waals surface area contributed by atoms with Crippen LogP contribution in [0.5, 0.6) is 11.5 Å². The fourth-order valence-electron chi connectivity index (χ4n) is 4.23. The van der Waals surface area contributed by atoms with Gasteiger partial charge in [-0.05, 0) is 85.5 Å². The standard InChI is InChI=1S/C31H27BrN2O7/c1-4-6-22-14-20(16-26(40-5-2)27(22)41-17-19-7-9-21(10-8-19)30(37)38)15-24-28(35)33-31(39)34(29(24)36)23-11-12-25(32)18(3)13-23/h4,7-16H,1,5-6,17H2,2-3H3,(H,37,38)(H,33,35,39)/b24-15+. The SMILES string of the molecule is C=CCc1cc(/C=C2\C(=O)NC(=O)N(c3ccc(Br)c(C)c3)C2=O)cc(OCC)c1OCc1ccc(C(=O)O)cc1. The molecular weight excluding hydrogens is 592 g/mol. The zero-order valence-corrected chi connectivity index (χ0v) is 24.0. The predicted molar refractivity (Wildman–Crippen MR) is 157 cm³/mol. The highest BCUT2D eigenvalue weighted by Gasteiger charge is 2.37. The molecule has 0 bridgehead atoms. The number of amides is 4. The number of urea groups is 1. The summed E-state index contributed by atoms with van der Waals surface area (Å²) in [4.78, 5) is 50.9. The highest BCUT2D eigenvalue weighted by molar-refractivity contribution is 9.10. The number of rotatable bonds is 10. The molecule has 1 heterocycles. The van der Waals surface area contributed by atoms with E-state index in [0.717, 1.165) is 20.5 Å². The Morgan fingerprint density at radius 1 is 1.07 bits per heavy atom. The molecule has 0 atom stereocenters. The number of allylic oxidation sites excluding steroid dienone is 1. The van der Waals surface area contributed by atoms with Crippen molar-refractivity contribution in [3.05, 3.63) is 105 Å². The van der Waals surface area contributed by atoms with Gasteiger partial charge in [0.2, 0.25) is 0 Å². The van der Waals surface area contributed by atoms with Crippen molar-refractivity contribution in [2.45, 2.75) is 26.9 Å². The number of anilines is 1. The van der Waals surface area contributed by atoms with Crippen molar-refractivity contribution in [1.29, 1.82) is 0 Å². The lowest BCUT2D eigenvalue weighted by Crippen LogP contribution is -2.54. The summed E-state index contributed by atoms with van der Waals surface area (Å²) in [5, 5.41) is 11.4. The molecule has 1 fully saturated rings. The number of hydrogen-bond acceptors (Lipinski definition) is 6. The second kappa shape index (κ2) is 12.6. The number of carboxylic acids is 1. The molecule has 41 heavy (non-hydrogen) atoms. The molecule has 2 N–H and O–H groups in total. The normalized spacial score (nSPS) is 14.2. The van der Waals surface area contributed by atoms with Crippen LogP contribution in [0, 0.1) is 6.92 Å². The zero-order valence-electron chi connectivity index (χ0n) is 22.4. The smallest absolute Gasteiger partial charge is 0.335 e. The van der Waals surface area contributed by atoms with Gasteiger partial charge in [-0.2, -0.15) is 0 Å². The molecule has 0 radical (unpaired) electrons. The number of imide groups is 2. The second-order valence-electron chi connectivity index (χ2n) is 9.12. The topological polar surface area (TPSA) is 122 Å². The number of nitrogens with one attached hydrogen (secondary N) is 1. The molecule has 9 nitrogen and oxygen atoms in total. The van der Waals surface area contributed by atoms with Crippen LogP contribution in [-0.2, 0) is 22.6 Å². The Morgan fingerprint density at radius 3 is 2.44 bits per heavy atom. The summed E-state index contributed by atoms with van der Waals surface area (Å²) in [5.74, 6) is -1.73. The van der Waals surface area contributed by atoms with Crippen LogP contribution in [0.25, 0.3) is 6.08 Å². The first kappa shape index (κ1) is 29.3. The molecule has 4 amide bonds. The molecule has 0 unspecified atom stereocenters. The Labute approximate surface area is 245 Å². The van der Waals surface area contributed by atoms with Crippen LogP contribution in [0.15, 0.2) is 77.3 Å². The Kier molecular flexibility index (Phi) is 9.04. The van der Waals surface area contributed by atoms with E-state index in [1.807, 2.05) is 13.8 Å². The fraction of sp³-hybridized carbons (Fsp3) is 0.161. The first-order chi connectivity index (χ1) is 19.6. The molecule has 0 aliphatic carbocycles. The van der Waals surface area contributed by atoms with Crippen molar-refractivity contribution >= 4 is 51.5 Å². The molecule has 10 heteroatoms. The summed E-state index contributed by atoms with van der Waals surface area (Å²) in [6, 6.07) is 13.9. The van der Waals surface area contributed by atoms with Gasteiger partial charge < -0.3 is 14.6 Å². The molecule has 4 rings (SSSR count). The molecule has 3 aromatic rings. The summed E-state index contributed by atoms with van der Waals surface area (Å²) >= 11 is 3.41. The molecule has 1 aliphatic heterocycles. The maximum Gasteiger partial charge on any atom is 0.335 e. The van der Waals surface area contributed by atoms with Gasteiger partial charge in [0.1, 0.15) is 12.2 Å². The van der Waals surface area contributed by atoms with Crippen molar-refractivity contribution in [3.8, 4) is 11.5 Å². The summed E-state index contributed by atoms with van der Waals surface area (Å²) in [7, 11) is 0. The third-order valence-corrected chi connectivity index (χ3v) is 7.10. The number of ether oxygens (including phenoxy) is 2. The quantitative estimate of drug-likeness (QED) is 0.166. The molecule has 1 saturated heterocycles. The number of halogens is 1. The van der Waals surface area contributed by atoms with Crippen LogP contribution in [0.1, 0.15) is 39.5 Å². The number of carboxylic acid groups (broad SMARTS) is 1. The number of nitrogens with zero attached hydrogens (tertiary/aromatic N) is 1. The lowest BCUT2D eigenvalue weighted by molar-refractivity contribution is -0.122. The van der Waals surface area contributed by atoms with Crippen molar-refractivity contribution in [3.63, 3.8) is 0 Å². The second-order valence-corrected chi connectivity index (χ2v) is 9.97. The van der Waals surface area contributed by atoms with Gasteiger partial charge in [0, 0.05) is 10.0 Å². The van der Waals surface area contributed by atoms with Gasteiger partial charge in [0.05, 0.1) is 17.9 Å². The lowest BCUT2D eigenvalue weighted by atomic mass is 10.0. The molecular formula is C31H27BrN2O7. The van der Waals surface area contributed by atoms with Crippen LogP contribution < -0.4 is 19.7 Å². The average molecular weight is 619 g/mol. The van der Waals surface area contributed by atoms with Crippen LogP contribution in [-0.4, -0.2) is 35.5 Å². The minimum atomic E-state index is -1.02. The van der Waals surface area contributed by atoms with Crippen molar-refractivity contribution in [2.24, 2.45) is 0 Å². The minimum Gasteiger partial charge on any atom is -0.490 e. The van der Waals surface area contributed by atoms with E-state index in [9.17, 15) is 19.2 Å². The van der Waals surface area contributed by atoms with Gasteiger partial charge in [-0.25, -0.2) is 14.5 Å². The summed E-state index contributed by atoms with van der Waals surface area (Å²) in [6.07, 6.45) is 3.49. The maximum atomic E-state index is 13.4. The number of hydrogen-bond donors (Lipinski definition) is 2. The van der Waals surface area contributed by atoms with Gasteiger partial charge in [-0.15, -0.1) is 6.58 Å². The van der Waals surface area contributed by atoms with Crippen molar-refractivity contribution in [2.75, 3.05) is 11.5 Å². The minimum absolute atomic E-state index is 0.148. The number of carbonyl (C=O) groups is 4. The van der Waals surface area contributed by atoms with E-state index in [2.05, 4.69) is 27.8 Å². The Morgan fingerprint density at radius 2 is 1.80 bits per heavy atom. The van der Waals surface area contributed by atoms with E-state index >= 15 is 0 Å². The molecule has 1 aliphatic rings. The molecule has 210 valence electrons. The zero-order chi connectivity index (χ0) is 29.7. The molecule has 3 aromatic carbocycles. The maximum absolute atomic E-state index is 13.4. The summed E-state index contributed by atoms with van der Waals surface area (Å²) < 4.78 is 12.8. The Balaban J connectivity index is 1.70. The largest absolute Gasteiger partial charge is 0.490 e. The first-order valence-corrected chi connectivity index (χ1v) is 13.5. The molecule has 0 aromatic heterocycles. The van der Waals surface area contributed by atoms with Gasteiger partial charge in [0.15, 0.2) is 11.5 Å². The van der Waals surface area contributed by atoms with E-state index in [-0.39, 0.29) is 17.7 Å². The van der Waals surface area contributed by atoms with E-state index in [0.29, 0.717) is 41.3 Å². The monoisotopic (exact) mass is 618 g/mol. The van der Waals surface area contributed by atoms with Gasteiger partial charge >= 0.3 is 12.0 Å². The Bertz CT molecular complexity index is 1580. The number of barbiturate groups is 1. The fourth-order valence-corrected chi connectivity index (χ4v) is 4.47. The number of aromatic carboxylic acids is 1. The highest BCUT2D eigenvalue weighted by Crippen LogP contribution is 2.36. The number of aryl methyl sites for hydroxylation is 1. The average Bonchev–Trinajstić information content (AvgIpc) is 2.93. The van der Waals surface area contributed by atoms with Crippen LogP contribution in [0.4, 0.5) is 10.5 Å². The third kappa shape index (κ3) is 6.55. The first-order valence-electron chi connectivity index (χ1n) is 12.7. The van der Waals surface area contributed by atoms with Crippen LogP contribution >= 0.6 is 15.9 Å². The van der Waals surface area contributed by atoms with E-state index in [4.69, 9.17) is 14.6 Å². The van der Waals surface area contributed by atoms with Crippen molar-refractivity contribution < 1.29 is 33.8 Å². The number of benzene rings is 3. The van der Waals surface area contributed by atoms with Crippen LogP contribution in [0.2, 0.25) is 0 Å². The van der Waals surface area contributed by atoms with E-state index < -0.39 is 23.8 Å². The molecule has 0 spiro atoms. The highest BCUT2D eigenvalue weighted by atomic mass is 79.9. The van der Waals surface area contributed by atoms with Crippen molar-refractivity contribution in [1.82, 2.24) is 5.32 Å².